The van der Waals surface area contributed by atoms with Gasteiger partial charge < -0.3 is 21.2 Å². The van der Waals surface area contributed by atoms with Crippen molar-refractivity contribution in [1.82, 2.24) is 24.8 Å². The summed E-state index contributed by atoms with van der Waals surface area (Å²) in [5, 5.41) is 9.54. The summed E-state index contributed by atoms with van der Waals surface area (Å²) in [4.78, 5) is 56.7. The van der Waals surface area contributed by atoms with Gasteiger partial charge in [0, 0.05) is 5.38 Å². The highest BCUT2D eigenvalue weighted by atomic mass is 32.2. The minimum atomic E-state index is -5.08. The number of β-lactam (4-membered cyclic amide) rings is 1. The highest BCUT2D eigenvalue weighted by Crippen LogP contribution is 2.28. The van der Waals surface area contributed by atoms with Crippen molar-refractivity contribution in [3.8, 4) is 0 Å². The molecule has 3 rings (SSSR count). The van der Waals surface area contributed by atoms with Crippen LogP contribution >= 0.6 is 11.3 Å². The van der Waals surface area contributed by atoms with Gasteiger partial charge >= 0.3 is 16.3 Å². The third kappa shape index (κ3) is 4.10. The van der Waals surface area contributed by atoms with E-state index >= 15 is 0 Å². The highest BCUT2D eigenvalue weighted by Gasteiger charge is 2.60. The summed E-state index contributed by atoms with van der Waals surface area (Å²) in [7, 11) is -5.08. The SMILES string of the molecule is Nc1nc(CO/N=C/C(=O)N[C@@H]2C(=O)N(S(=O)(=O)O)[C@@H]2N2C(=O)CNC2=O)cs1. The molecule has 5 amide bonds. The molecule has 0 radical (unpaired) electrons. The van der Waals surface area contributed by atoms with E-state index in [4.69, 9.17) is 10.6 Å². The van der Waals surface area contributed by atoms with E-state index in [2.05, 4.69) is 20.8 Å². The number of imide groups is 1. The maximum absolute atomic E-state index is 12.0. The third-order valence-corrected chi connectivity index (χ3v) is 5.35. The van der Waals surface area contributed by atoms with E-state index in [0.29, 0.717) is 21.9 Å². The van der Waals surface area contributed by atoms with Crippen LogP contribution in [0.2, 0.25) is 0 Å². The van der Waals surface area contributed by atoms with E-state index in [0.717, 1.165) is 0 Å². The Balaban J connectivity index is 1.65. The number of nitrogens with zero attached hydrogens (tertiary/aromatic N) is 4. The zero-order valence-corrected chi connectivity index (χ0v) is 15.8. The van der Waals surface area contributed by atoms with Crippen molar-refractivity contribution < 1.29 is 37.0 Å². The first-order chi connectivity index (χ1) is 13.6. The summed E-state index contributed by atoms with van der Waals surface area (Å²) in [6, 6.07) is -2.60. The molecule has 2 saturated heterocycles. The van der Waals surface area contributed by atoms with Crippen LogP contribution in [0.3, 0.4) is 0 Å². The quantitative estimate of drug-likeness (QED) is 0.111. The number of amides is 5. The molecule has 0 aromatic carbocycles. The summed E-state index contributed by atoms with van der Waals surface area (Å²) >= 11 is 1.18. The lowest BCUT2D eigenvalue weighted by atomic mass is 10.0. The summed E-state index contributed by atoms with van der Waals surface area (Å²) in [5.74, 6) is -3.07. The van der Waals surface area contributed by atoms with Crippen molar-refractivity contribution in [3.63, 3.8) is 0 Å². The number of thiazole rings is 1. The fourth-order valence-corrected chi connectivity index (χ4v) is 3.94. The fraction of sp³-hybridized carbons (Fsp3) is 0.333. The lowest BCUT2D eigenvalue weighted by molar-refractivity contribution is -0.154. The van der Waals surface area contributed by atoms with E-state index < -0.39 is 52.8 Å². The molecule has 0 spiro atoms. The van der Waals surface area contributed by atoms with Gasteiger partial charge in [-0.3, -0.25) is 18.9 Å². The van der Waals surface area contributed by atoms with Gasteiger partial charge in [0.2, 0.25) is 0 Å². The van der Waals surface area contributed by atoms with Crippen molar-refractivity contribution in [2.24, 2.45) is 5.16 Å². The number of rotatable bonds is 7. The maximum Gasteiger partial charge on any atom is 0.364 e. The zero-order chi connectivity index (χ0) is 21.3. The molecular formula is C12H13N7O8S2. The van der Waals surface area contributed by atoms with Gasteiger partial charge in [0.25, 0.3) is 17.7 Å². The average Bonchev–Trinajstić information content (AvgIpc) is 3.18. The molecule has 0 unspecified atom stereocenters. The zero-order valence-electron chi connectivity index (χ0n) is 14.2. The van der Waals surface area contributed by atoms with Crippen LogP contribution in [0.4, 0.5) is 9.93 Å². The van der Waals surface area contributed by atoms with Gasteiger partial charge in [-0.25, -0.2) is 14.7 Å². The Morgan fingerprint density at radius 2 is 2.24 bits per heavy atom. The first-order valence-corrected chi connectivity index (χ1v) is 9.93. The van der Waals surface area contributed by atoms with Crippen LogP contribution in [0, 0.1) is 0 Å². The minimum absolute atomic E-state index is 0.0819. The van der Waals surface area contributed by atoms with Crippen molar-refractivity contribution in [2.75, 3.05) is 12.3 Å². The number of aromatic nitrogens is 1. The van der Waals surface area contributed by atoms with Crippen LogP contribution in [0.25, 0.3) is 0 Å². The van der Waals surface area contributed by atoms with E-state index in [-0.39, 0.29) is 10.9 Å². The molecule has 156 valence electrons. The van der Waals surface area contributed by atoms with Gasteiger partial charge in [0.15, 0.2) is 23.9 Å². The van der Waals surface area contributed by atoms with Gasteiger partial charge in [-0.1, -0.05) is 5.16 Å². The maximum atomic E-state index is 12.0. The van der Waals surface area contributed by atoms with Crippen LogP contribution in [0.5, 0.6) is 0 Å². The standard InChI is InChI=1S/C12H13N7O8S2/c13-11-16-5(4-28-11)3-27-15-1-6(20)17-8-9(18-7(21)2-14-12(18)23)19(10(8)22)29(24,25)26/h1,4,8-9H,2-3H2,(H2,13,16)(H,14,23)(H,17,20)(H,24,25,26)/b15-1+/t8-,9-/m0/s1. The Labute approximate surface area is 166 Å². The average molecular weight is 447 g/mol. The Hall–Kier alpha value is -3.31. The molecule has 1 aromatic rings. The molecule has 29 heavy (non-hydrogen) atoms. The number of nitrogens with two attached hydrogens (primary N) is 1. The molecule has 15 nitrogen and oxygen atoms in total. The minimum Gasteiger partial charge on any atom is -0.389 e. The molecular weight excluding hydrogens is 434 g/mol. The van der Waals surface area contributed by atoms with Crippen LogP contribution < -0.4 is 16.4 Å². The van der Waals surface area contributed by atoms with Crippen molar-refractivity contribution in [1.29, 1.82) is 0 Å². The highest BCUT2D eigenvalue weighted by molar-refractivity contribution is 7.84. The molecule has 2 aliphatic heterocycles. The predicted octanol–water partition coefficient (Wildman–Crippen LogP) is -2.76. The molecule has 1 aromatic heterocycles. The number of hydrogen-bond acceptors (Lipinski definition) is 11. The molecule has 2 aliphatic rings. The molecule has 17 heteroatoms. The predicted molar refractivity (Wildman–Crippen MR) is 94.2 cm³/mol. The summed E-state index contributed by atoms with van der Waals surface area (Å²) in [6.45, 7) is -0.513. The van der Waals surface area contributed by atoms with Gasteiger partial charge in [0.1, 0.15) is 6.21 Å². The normalized spacial score (nSPS) is 22.0. The number of nitrogen functional groups attached to an aromatic ring is 1. The Morgan fingerprint density at radius 1 is 1.52 bits per heavy atom. The van der Waals surface area contributed by atoms with Crippen LogP contribution in [-0.4, -0.2) is 75.9 Å². The van der Waals surface area contributed by atoms with E-state index in [1.54, 1.807) is 5.38 Å². The topological polar surface area (TPSA) is 214 Å². The molecule has 2 atom stereocenters. The molecule has 0 bridgehead atoms. The number of carbonyl (C=O) groups is 4. The second kappa shape index (κ2) is 7.60. The van der Waals surface area contributed by atoms with Crippen LogP contribution in [0.1, 0.15) is 5.69 Å². The van der Waals surface area contributed by atoms with Crippen molar-refractivity contribution in [2.45, 2.75) is 18.8 Å². The van der Waals surface area contributed by atoms with E-state index in [9.17, 15) is 32.1 Å². The fourth-order valence-electron chi connectivity index (χ4n) is 2.56. The molecule has 0 saturated carbocycles. The van der Waals surface area contributed by atoms with Crippen LogP contribution in [0.15, 0.2) is 10.5 Å². The molecule has 2 fully saturated rings. The lowest BCUT2D eigenvalue weighted by Gasteiger charge is -2.46. The second-order valence-electron chi connectivity index (χ2n) is 5.62. The monoisotopic (exact) mass is 447 g/mol. The molecule has 3 heterocycles. The van der Waals surface area contributed by atoms with E-state index in [1.165, 1.54) is 11.3 Å². The first-order valence-electron chi connectivity index (χ1n) is 7.66. The summed E-state index contributed by atoms with van der Waals surface area (Å²) < 4.78 is 31.9. The Bertz CT molecular complexity index is 990. The van der Waals surface area contributed by atoms with Crippen molar-refractivity contribution in [3.05, 3.63) is 11.1 Å². The largest absolute Gasteiger partial charge is 0.389 e. The van der Waals surface area contributed by atoms with E-state index in [1.807, 2.05) is 0 Å². The number of carbonyl (C=O) groups excluding carboxylic acids is 4. The van der Waals surface area contributed by atoms with Gasteiger partial charge in [-0.15, -0.1) is 11.3 Å². The molecule has 0 aliphatic carbocycles. The van der Waals surface area contributed by atoms with Gasteiger partial charge in [0.05, 0.1) is 12.2 Å². The second-order valence-corrected chi connectivity index (χ2v) is 7.80. The van der Waals surface area contributed by atoms with Crippen molar-refractivity contribution >= 4 is 56.7 Å². The third-order valence-electron chi connectivity index (χ3n) is 3.74. The Morgan fingerprint density at radius 3 is 2.79 bits per heavy atom. The summed E-state index contributed by atoms with van der Waals surface area (Å²) in [6.07, 6.45) is -1.11. The lowest BCUT2D eigenvalue weighted by Crippen LogP contribution is -2.77. The number of anilines is 1. The smallest absolute Gasteiger partial charge is 0.364 e. The van der Waals surface area contributed by atoms with Gasteiger partial charge in [-0.2, -0.15) is 12.7 Å². The van der Waals surface area contributed by atoms with Crippen LogP contribution in [-0.2, 0) is 36.1 Å². The molecule has 5 N–H and O–H groups in total. The number of oxime groups is 1. The van der Waals surface area contributed by atoms with Gasteiger partial charge in [-0.05, 0) is 0 Å². The number of hydrogen-bond donors (Lipinski definition) is 4. The Kier molecular flexibility index (Phi) is 5.36. The number of urea groups is 1. The first kappa shape index (κ1) is 20.4. The summed E-state index contributed by atoms with van der Waals surface area (Å²) in [5.41, 5.74) is 5.92. The number of nitrogens with one attached hydrogen (secondary N) is 2.